The van der Waals surface area contributed by atoms with E-state index in [2.05, 4.69) is 25.5 Å². The van der Waals surface area contributed by atoms with Crippen molar-refractivity contribution in [1.29, 1.82) is 0 Å². The zero-order chi connectivity index (χ0) is 14.1. The van der Waals surface area contributed by atoms with Crippen LogP contribution >= 0.6 is 28.1 Å². The Bertz CT molecular complexity index is 670. The molecule has 2 nitrogen and oxygen atoms in total. The Kier molecular flexibility index (Phi) is 4.26. The molecule has 20 heavy (non-hydrogen) atoms. The molecule has 1 aliphatic rings. The lowest BCUT2D eigenvalue weighted by atomic mass is 10.0. The number of imidazole rings is 1. The largest absolute Gasteiger partial charge is 0.330 e. The number of aromatic nitrogens is 2. The van der Waals surface area contributed by atoms with Crippen molar-refractivity contribution in [2.75, 3.05) is 0 Å². The average Bonchev–Trinajstić information content (AvgIpc) is 3.01. The number of hydrogen-bond acceptors (Lipinski definition) is 1. The molecule has 0 bridgehead atoms. The Morgan fingerprint density at radius 1 is 1.35 bits per heavy atom. The van der Waals surface area contributed by atoms with Crippen molar-refractivity contribution in [2.45, 2.75) is 45.1 Å². The highest BCUT2D eigenvalue weighted by Gasteiger charge is 2.15. The topological polar surface area (TPSA) is 20.7 Å². The molecule has 5 heteroatoms. The van der Waals surface area contributed by atoms with Crippen LogP contribution in [0.2, 0.25) is 0 Å². The van der Waals surface area contributed by atoms with Crippen LogP contribution in [0, 0.1) is 16.5 Å². The predicted octanol–water partition coefficient (Wildman–Crippen LogP) is 5.57. The fraction of sp³-hybridized carbons (Fsp3) is 0.533. The molecule has 0 unspecified atom stereocenters. The van der Waals surface area contributed by atoms with Crippen LogP contribution in [-0.2, 0) is 6.54 Å². The summed E-state index contributed by atoms with van der Waals surface area (Å²) < 4.78 is 16.8. The summed E-state index contributed by atoms with van der Waals surface area (Å²) in [6.07, 6.45) is 7.97. The van der Waals surface area contributed by atoms with E-state index in [0.29, 0.717) is 9.24 Å². The number of fused-ring (bicyclic) bond motifs is 1. The Morgan fingerprint density at radius 2 is 2.10 bits per heavy atom. The van der Waals surface area contributed by atoms with Gasteiger partial charge in [-0.3, -0.25) is 0 Å². The first-order valence-electron chi connectivity index (χ1n) is 7.22. The molecule has 2 aromatic rings. The predicted molar refractivity (Wildman–Crippen MR) is 86.0 cm³/mol. The lowest BCUT2D eigenvalue weighted by Gasteiger charge is -2.09. The third kappa shape index (κ3) is 2.84. The maximum absolute atomic E-state index is 13.5. The van der Waals surface area contributed by atoms with Gasteiger partial charge < -0.3 is 9.55 Å². The van der Waals surface area contributed by atoms with E-state index >= 15 is 0 Å². The summed E-state index contributed by atoms with van der Waals surface area (Å²) in [7, 11) is 0. The molecule has 1 aromatic carbocycles. The molecule has 0 amide bonds. The molecule has 0 radical (unpaired) electrons. The van der Waals surface area contributed by atoms with Gasteiger partial charge in [0.05, 0.1) is 15.5 Å². The van der Waals surface area contributed by atoms with Crippen molar-refractivity contribution >= 4 is 39.2 Å². The second kappa shape index (κ2) is 5.98. The quantitative estimate of drug-likeness (QED) is 0.710. The Labute approximate surface area is 131 Å². The summed E-state index contributed by atoms with van der Waals surface area (Å²) in [4.78, 5) is 3.09. The van der Waals surface area contributed by atoms with Gasteiger partial charge in [-0.1, -0.05) is 25.7 Å². The van der Waals surface area contributed by atoms with Gasteiger partial charge in [0.1, 0.15) is 5.82 Å². The van der Waals surface area contributed by atoms with E-state index in [1.54, 1.807) is 0 Å². The molecule has 3 rings (SSSR count). The maximum atomic E-state index is 13.5. The zero-order valence-corrected chi connectivity index (χ0v) is 13.7. The monoisotopic (exact) mass is 356 g/mol. The molecular formula is C15H18BrFN2S. The van der Waals surface area contributed by atoms with Crippen LogP contribution in [0.4, 0.5) is 4.39 Å². The first-order chi connectivity index (χ1) is 9.65. The minimum absolute atomic E-state index is 0.258. The van der Waals surface area contributed by atoms with Crippen LogP contribution in [0.25, 0.3) is 11.0 Å². The van der Waals surface area contributed by atoms with Crippen LogP contribution in [0.15, 0.2) is 16.6 Å². The highest BCUT2D eigenvalue weighted by atomic mass is 79.9. The molecule has 1 heterocycles. The summed E-state index contributed by atoms with van der Waals surface area (Å²) in [5.74, 6) is 0.644. The van der Waals surface area contributed by atoms with Gasteiger partial charge in [-0.25, -0.2) is 4.39 Å². The van der Waals surface area contributed by atoms with E-state index in [1.807, 2.05) is 6.07 Å². The number of rotatable bonds is 4. The Hall–Kier alpha value is -0.680. The van der Waals surface area contributed by atoms with Crippen molar-refractivity contribution in [3.8, 4) is 0 Å². The number of hydrogen-bond donors (Lipinski definition) is 1. The van der Waals surface area contributed by atoms with Crippen LogP contribution in [-0.4, -0.2) is 9.55 Å². The fourth-order valence-corrected chi connectivity index (χ4v) is 3.84. The minimum Gasteiger partial charge on any atom is -0.330 e. The molecule has 1 fully saturated rings. The van der Waals surface area contributed by atoms with E-state index in [9.17, 15) is 4.39 Å². The summed E-state index contributed by atoms with van der Waals surface area (Å²) in [5.41, 5.74) is 1.76. The van der Waals surface area contributed by atoms with Gasteiger partial charge in [0, 0.05) is 12.6 Å². The fourth-order valence-electron chi connectivity index (χ4n) is 3.21. The minimum atomic E-state index is -0.258. The van der Waals surface area contributed by atoms with Gasteiger partial charge in [0.2, 0.25) is 0 Å². The lowest BCUT2D eigenvalue weighted by Crippen LogP contribution is -2.01. The first-order valence-corrected chi connectivity index (χ1v) is 8.43. The highest BCUT2D eigenvalue weighted by molar-refractivity contribution is 9.10. The van der Waals surface area contributed by atoms with Gasteiger partial charge in [0.15, 0.2) is 4.77 Å². The van der Waals surface area contributed by atoms with Crippen molar-refractivity contribution < 1.29 is 4.39 Å². The Morgan fingerprint density at radius 3 is 2.85 bits per heavy atom. The van der Waals surface area contributed by atoms with E-state index in [1.165, 1.54) is 38.2 Å². The molecule has 1 N–H and O–H groups in total. The van der Waals surface area contributed by atoms with Crippen molar-refractivity contribution in [3.05, 3.63) is 27.2 Å². The average molecular weight is 357 g/mol. The molecule has 1 aromatic heterocycles. The molecule has 1 aliphatic carbocycles. The number of aryl methyl sites for hydroxylation is 1. The number of aromatic amines is 1. The van der Waals surface area contributed by atoms with Crippen molar-refractivity contribution in [3.63, 3.8) is 0 Å². The number of halogens is 2. The van der Waals surface area contributed by atoms with Crippen LogP contribution in [0.3, 0.4) is 0 Å². The maximum Gasteiger partial charge on any atom is 0.178 e. The molecule has 0 spiro atoms. The summed E-state index contributed by atoms with van der Waals surface area (Å²) in [6, 6.07) is 3.31. The second-order valence-corrected chi connectivity index (χ2v) is 6.90. The smallest absolute Gasteiger partial charge is 0.178 e. The van der Waals surface area contributed by atoms with Crippen LogP contribution in [0.1, 0.15) is 38.5 Å². The third-order valence-corrected chi connectivity index (χ3v) is 5.22. The highest BCUT2D eigenvalue weighted by Crippen LogP contribution is 2.29. The van der Waals surface area contributed by atoms with Crippen molar-refractivity contribution in [2.24, 2.45) is 5.92 Å². The summed E-state index contributed by atoms with van der Waals surface area (Å²) in [6.45, 7) is 0.910. The molecule has 108 valence electrons. The molecule has 1 saturated carbocycles. The van der Waals surface area contributed by atoms with Gasteiger partial charge in [-0.15, -0.1) is 0 Å². The van der Waals surface area contributed by atoms with Crippen LogP contribution in [0.5, 0.6) is 0 Å². The molecule has 0 atom stereocenters. The second-order valence-electron chi connectivity index (χ2n) is 5.66. The summed E-state index contributed by atoms with van der Waals surface area (Å²) >= 11 is 8.60. The van der Waals surface area contributed by atoms with E-state index in [-0.39, 0.29) is 5.82 Å². The number of H-pyrrole nitrogens is 1. The number of nitrogens with one attached hydrogen (secondary N) is 1. The molecule has 0 saturated heterocycles. The normalized spacial score (nSPS) is 16.3. The van der Waals surface area contributed by atoms with Gasteiger partial charge in [0.25, 0.3) is 0 Å². The Balaban J connectivity index is 1.78. The van der Waals surface area contributed by atoms with Gasteiger partial charge in [-0.05, 0) is 53.0 Å². The van der Waals surface area contributed by atoms with Gasteiger partial charge in [-0.2, -0.15) is 0 Å². The van der Waals surface area contributed by atoms with Gasteiger partial charge >= 0.3 is 0 Å². The van der Waals surface area contributed by atoms with Crippen LogP contribution < -0.4 is 0 Å². The number of nitrogens with zero attached hydrogens (tertiary/aromatic N) is 1. The zero-order valence-electron chi connectivity index (χ0n) is 11.3. The van der Waals surface area contributed by atoms with E-state index in [0.717, 1.165) is 29.9 Å². The third-order valence-electron chi connectivity index (χ3n) is 4.28. The lowest BCUT2D eigenvalue weighted by molar-refractivity contribution is 0.460. The number of benzene rings is 1. The molecule has 0 aliphatic heterocycles. The summed E-state index contributed by atoms with van der Waals surface area (Å²) in [5, 5.41) is 0. The van der Waals surface area contributed by atoms with Crippen molar-refractivity contribution in [1.82, 2.24) is 9.55 Å². The SMILES string of the molecule is Fc1cc2[nH]c(=S)n(CCCC3CCCC3)c2cc1Br. The first kappa shape index (κ1) is 14.3. The van der Waals surface area contributed by atoms with E-state index in [4.69, 9.17) is 12.2 Å². The standard InChI is InChI=1S/C15H18BrFN2S/c16-11-8-14-13(9-12(11)17)18-15(20)19(14)7-3-6-10-4-1-2-5-10/h8-10H,1-7H2,(H,18,20). The van der Waals surface area contributed by atoms with E-state index < -0.39 is 0 Å². The molecular weight excluding hydrogens is 339 g/mol.